The van der Waals surface area contributed by atoms with Gasteiger partial charge in [0.05, 0.1) is 6.10 Å². The fourth-order valence-corrected chi connectivity index (χ4v) is 1.28. The van der Waals surface area contributed by atoms with E-state index in [0.717, 1.165) is 0 Å². The number of nitrogens with two attached hydrogens (primary N) is 1. The minimum atomic E-state index is 0.0300. The van der Waals surface area contributed by atoms with Crippen molar-refractivity contribution in [3.05, 3.63) is 0 Å². The second-order valence-electron chi connectivity index (χ2n) is 3.24. The first-order valence-corrected chi connectivity index (χ1v) is 4.31. The third-order valence-corrected chi connectivity index (χ3v) is 1.87. The van der Waals surface area contributed by atoms with Gasteiger partial charge in [0.25, 0.3) is 0 Å². The molecule has 12 heavy (non-hydrogen) atoms. The van der Waals surface area contributed by atoms with Gasteiger partial charge in [-0.2, -0.15) is 0 Å². The summed E-state index contributed by atoms with van der Waals surface area (Å²) in [4.78, 5) is 0. The van der Waals surface area contributed by atoms with E-state index >= 15 is 0 Å². The van der Waals surface area contributed by atoms with Gasteiger partial charge in [0.1, 0.15) is 0 Å². The van der Waals surface area contributed by atoms with Gasteiger partial charge in [-0.25, -0.2) is 0 Å². The Kier molecular flexibility index (Phi) is 5.79. The van der Waals surface area contributed by atoms with Crippen molar-refractivity contribution in [2.24, 2.45) is 11.7 Å². The molecule has 0 bridgehead atoms. The van der Waals surface area contributed by atoms with E-state index in [1.54, 1.807) is 7.11 Å². The van der Waals surface area contributed by atoms with Crippen molar-refractivity contribution < 1.29 is 4.74 Å². The highest BCUT2D eigenvalue weighted by Gasteiger charge is 2.19. The highest BCUT2D eigenvalue weighted by Crippen LogP contribution is 2.10. The van der Waals surface area contributed by atoms with Crippen LogP contribution in [-0.4, -0.2) is 19.3 Å². The number of methoxy groups -OCH3 is 1. The van der Waals surface area contributed by atoms with Crippen LogP contribution in [0.2, 0.25) is 0 Å². The van der Waals surface area contributed by atoms with Crippen LogP contribution in [0.25, 0.3) is 0 Å². The minimum absolute atomic E-state index is 0.0300. The van der Waals surface area contributed by atoms with E-state index in [-0.39, 0.29) is 12.1 Å². The molecule has 2 atom stereocenters. The Balaban J connectivity index is 3.99. The summed E-state index contributed by atoms with van der Waals surface area (Å²) in [6, 6.07) is 0.0300. The molecular weight excluding hydrogens is 150 g/mol. The molecule has 70 valence electrons. The zero-order valence-corrected chi connectivity index (χ0v) is 8.42. The van der Waals surface area contributed by atoms with Crippen molar-refractivity contribution >= 4 is 0 Å². The SMILES string of the molecule is CC#CCC(N)C(OC)C(C)C. The molecule has 0 fully saturated rings. The van der Waals surface area contributed by atoms with Crippen LogP contribution in [0, 0.1) is 17.8 Å². The van der Waals surface area contributed by atoms with E-state index in [2.05, 4.69) is 25.7 Å². The first kappa shape index (κ1) is 11.5. The Bertz CT molecular complexity index is 166. The standard InChI is InChI=1S/C10H19NO/c1-5-6-7-9(11)10(12-4)8(2)3/h8-10H,7,11H2,1-4H3. The third-order valence-electron chi connectivity index (χ3n) is 1.87. The molecule has 0 spiro atoms. The Hall–Kier alpha value is -0.520. The van der Waals surface area contributed by atoms with Crippen LogP contribution in [0.4, 0.5) is 0 Å². The summed E-state index contributed by atoms with van der Waals surface area (Å²) in [5.74, 6) is 6.24. The molecular formula is C10H19NO. The number of ether oxygens (including phenoxy) is 1. The van der Waals surface area contributed by atoms with Crippen molar-refractivity contribution in [1.29, 1.82) is 0 Å². The van der Waals surface area contributed by atoms with Gasteiger partial charge in [-0.1, -0.05) is 13.8 Å². The molecule has 0 aromatic carbocycles. The predicted octanol–water partition coefficient (Wildman–Crippen LogP) is 1.40. The van der Waals surface area contributed by atoms with Gasteiger partial charge in [0.2, 0.25) is 0 Å². The summed E-state index contributed by atoms with van der Waals surface area (Å²) in [5.41, 5.74) is 5.89. The van der Waals surface area contributed by atoms with E-state index < -0.39 is 0 Å². The molecule has 0 saturated heterocycles. The second-order valence-corrected chi connectivity index (χ2v) is 3.24. The highest BCUT2D eigenvalue weighted by atomic mass is 16.5. The van der Waals surface area contributed by atoms with Crippen molar-refractivity contribution in [3.8, 4) is 11.8 Å². The number of hydrogen-bond acceptors (Lipinski definition) is 2. The molecule has 0 aromatic heterocycles. The summed E-state index contributed by atoms with van der Waals surface area (Å²) in [5, 5.41) is 0. The normalized spacial score (nSPS) is 15.2. The maximum Gasteiger partial charge on any atom is 0.0754 e. The second kappa shape index (κ2) is 6.05. The molecule has 0 aliphatic rings. The molecule has 0 heterocycles. The van der Waals surface area contributed by atoms with Crippen molar-refractivity contribution in [2.75, 3.05) is 7.11 Å². The van der Waals surface area contributed by atoms with Crippen LogP contribution in [-0.2, 0) is 4.74 Å². The summed E-state index contributed by atoms with van der Waals surface area (Å²) in [6.45, 7) is 6.03. The van der Waals surface area contributed by atoms with Gasteiger partial charge in [0, 0.05) is 19.6 Å². The summed E-state index contributed by atoms with van der Waals surface area (Å²) in [7, 11) is 1.70. The van der Waals surface area contributed by atoms with Crippen LogP contribution in [0.1, 0.15) is 27.2 Å². The van der Waals surface area contributed by atoms with E-state index in [0.29, 0.717) is 12.3 Å². The predicted molar refractivity (Wildman–Crippen MR) is 51.7 cm³/mol. The van der Waals surface area contributed by atoms with Gasteiger partial charge < -0.3 is 10.5 Å². The fourth-order valence-electron chi connectivity index (χ4n) is 1.28. The maximum absolute atomic E-state index is 5.89. The van der Waals surface area contributed by atoms with Crippen LogP contribution >= 0.6 is 0 Å². The molecule has 0 radical (unpaired) electrons. The van der Waals surface area contributed by atoms with Crippen LogP contribution < -0.4 is 5.73 Å². The Morgan fingerprint density at radius 2 is 2.00 bits per heavy atom. The smallest absolute Gasteiger partial charge is 0.0754 e. The molecule has 0 rings (SSSR count). The van der Waals surface area contributed by atoms with Crippen LogP contribution in [0.5, 0.6) is 0 Å². The first-order valence-electron chi connectivity index (χ1n) is 4.31. The Morgan fingerprint density at radius 3 is 2.33 bits per heavy atom. The van der Waals surface area contributed by atoms with E-state index in [1.807, 2.05) is 6.92 Å². The Labute approximate surface area is 75.5 Å². The third kappa shape index (κ3) is 3.75. The molecule has 0 saturated carbocycles. The summed E-state index contributed by atoms with van der Waals surface area (Å²) < 4.78 is 5.28. The molecule has 0 aromatic rings. The van der Waals surface area contributed by atoms with Crippen molar-refractivity contribution in [2.45, 2.75) is 39.3 Å². The minimum Gasteiger partial charge on any atom is -0.380 e. The lowest BCUT2D eigenvalue weighted by Gasteiger charge is -2.24. The van der Waals surface area contributed by atoms with Crippen LogP contribution in [0.15, 0.2) is 0 Å². The van der Waals surface area contributed by atoms with E-state index in [4.69, 9.17) is 10.5 Å². The molecule has 0 aliphatic heterocycles. The van der Waals surface area contributed by atoms with Gasteiger partial charge in [-0.05, 0) is 12.8 Å². The van der Waals surface area contributed by atoms with Crippen molar-refractivity contribution in [3.63, 3.8) is 0 Å². The molecule has 2 nitrogen and oxygen atoms in total. The van der Waals surface area contributed by atoms with Gasteiger partial charge in [0.15, 0.2) is 0 Å². The van der Waals surface area contributed by atoms with Gasteiger partial charge in [-0.3, -0.25) is 0 Å². The van der Waals surface area contributed by atoms with E-state index in [1.165, 1.54) is 0 Å². The largest absolute Gasteiger partial charge is 0.380 e. The highest BCUT2D eigenvalue weighted by molar-refractivity contribution is 4.99. The zero-order chi connectivity index (χ0) is 9.56. The molecule has 2 unspecified atom stereocenters. The molecule has 2 heteroatoms. The van der Waals surface area contributed by atoms with E-state index in [9.17, 15) is 0 Å². The summed E-state index contributed by atoms with van der Waals surface area (Å²) in [6.07, 6.45) is 0.832. The summed E-state index contributed by atoms with van der Waals surface area (Å²) >= 11 is 0. The maximum atomic E-state index is 5.89. The average molecular weight is 169 g/mol. The lowest BCUT2D eigenvalue weighted by atomic mass is 9.98. The van der Waals surface area contributed by atoms with Crippen molar-refractivity contribution in [1.82, 2.24) is 0 Å². The van der Waals surface area contributed by atoms with Crippen LogP contribution in [0.3, 0.4) is 0 Å². The van der Waals surface area contributed by atoms with Gasteiger partial charge in [-0.15, -0.1) is 11.8 Å². The fraction of sp³-hybridized carbons (Fsp3) is 0.800. The topological polar surface area (TPSA) is 35.2 Å². The lowest BCUT2D eigenvalue weighted by molar-refractivity contribution is 0.0453. The molecule has 0 aliphatic carbocycles. The first-order chi connectivity index (χ1) is 5.63. The average Bonchev–Trinajstić information content (AvgIpc) is 2.01. The molecule has 0 amide bonds. The number of hydrogen-bond donors (Lipinski definition) is 1. The quantitative estimate of drug-likeness (QED) is 0.646. The lowest BCUT2D eigenvalue weighted by Crippen LogP contribution is -2.39. The Morgan fingerprint density at radius 1 is 1.42 bits per heavy atom. The van der Waals surface area contributed by atoms with Gasteiger partial charge >= 0.3 is 0 Å². The molecule has 2 N–H and O–H groups in total. The number of rotatable bonds is 4. The zero-order valence-electron chi connectivity index (χ0n) is 8.42. The monoisotopic (exact) mass is 169 g/mol.